The minimum Gasteiger partial charge on any atom is -0.384 e. The lowest BCUT2D eigenvalue weighted by Crippen LogP contribution is -2.04. The number of nitrogens with one attached hydrogen (secondary N) is 3. The van der Waals surface area contributed by atoms with Crippen molar-refractivity contribution in [1.29, 1.82) is 5.41 Å². The van der Waals surface area contributed by atoms with Gasteiger partial charge in [0.2, 0.25) is 0 Å². The van der Waals surface area contributed by atoms with Crippen molar-refractivity contribution >= 4 is 35.0 Å². The lowest BCUT2D eigenvalue weighted by Gasteiger charge is -2.13. The number of nitrogens with two attached hydrogens (primary N) is 1. The molecule has 2 heterocycles. The number of aromatic nitrogens is 3. The summed E-state index contributed by atoms with van der Waals surface area (Å²) in [5, 5.41) is 13.0. The summed E-state index contributed by atoms with van der Waals surface area (Å²) in [4.78, 5) is 11.9. The quantitative estimate of drug-likeness (QED) is 0.530. The van der Waals surface area contributed by atoms with E-state index in [0.717, 1.165) is 18.3 Å². The monoisotopic (exact) mass is 341 g/mol. The smallest absolute Gasteiger partial charge is 0.149 e. The standard InChI is InChI=1S/C16H13F2N7/c17-10-2-1-3-11(18)16(10)24-12-4-14(21-7-9(12)6-19)25-15-5-13(20)22-8-23-15/h1-8,19H,(H4,20,21,22,23,24,25). The summed E-state index contributed by atoms with van der Waals surface area (Å²) >= 11 is 0. The number of rotatable bonds is 5. The maximum Gasteiger partial charge on any atom is 0.149 e. The van der Waals surface area contributed by atoms with Gasteiger partial charge in [-0.15, -0.1) is 0 Å². The van der Waals surface area contributed by atoms with Crippen LogP contribution < -0.4 is 16.4 Å². The van der Waals surface area contributed by atoms with Crippen LogP contribution in [-0.2, 0) is 0 Å². The number of nitrogen functional groups attached to an aromatic ring is 1. The fourth-order valence-electron chi connectivity index (χ4n) is 2.08. The fraction of sp³-hybridized carbons (Fsp3) is 0. The Bertz CT molecular complexity index is 910. The molecule has 0 atom stereocenters. The van der Waals surface area contributed by atoms with Gasteiger partial charge in [-0.2, -0.15) is 0 Å². The molecule has 0 aliphatic heterocycles. The van der Waals surface area contributed by atoms with E-state index in [-0.39, 0.29) is 11.5 Å². The van der Waals surface area contributed by atoms with E-state index >= 15 is 0 Å². The minimum atomic E-state index is -0.745. The van der Waals surface area contributed by atoms with Gasteiger partial charge in [0.25, 0.3) is 0 Å². The third-order valence-electron chi connectivity index (χ3n) is 3.26. The van der Waals surface area contributed by atoms with Crippen LogP contribution in [0.4, 0.5) is 37.6 Å². The maximum absolute atomic E-state index is 13.8. The molecule has 0 aliphatic carbocycles. The van der Waals surface area contributed by atoms with Crippen molar-refractivity contribution in [1.82, 2.24) is 15.0 Å². The maximum atomic E-state index is 13.8. The Kier molecular flexibility index (Phi) is 4.46. The summed E-state index contributed by atoms with van der Waals surface area (Å²) in [5.41, 5.74) is 5.94. The van der Waals surface area contributed by atoms with Crippen LogP contribution in [0.5, 0.6) is 0 Å². The molecule has 0 bridgehead atoms. The van der Waals surface area contributed by atoms with E-state index < -0.39 is 11.6 Å². The van der Waals surface area contributed by atoms with Gasteiger partial charge < -0.3 is 21.8 Å². The Hall–Kier alpha value is -3.62. The van der Waals surface area contributed by atoms with Crippen LogP contribution in [0.2, 0.25) is 0 Å². The summed E-state index contributed by atoms with van der Waals surface area (Å²) in [6.45, 7) is 0. The fourth-order valence-corrected chi connectivity index (χ4v) is 2.08. The molecule has 0 saturated carbocycles. The van der Waals surface area contributed by atoms with Crippen LogP contribution in [0.3, 0.4) is 0 Å². The second-order valence-corrected chi connectivity index (χ2v) is 4.98. The largest absolute Gasteiger partial charge is 0.384 e. The lowest BCUT2D eigenvalue weighted by atomic mass is 10.2. The highest BCUT2D eigenvalue weighted by Gasteiger charge is 2.12. The highest BCUT2D eigenvalue weighted by molar-refractivity contribution is 5.88. The Morgan fingerprint density at radius 3 is 2.40 bits per heavy atom. The summed E-state index contributed by atoms with van der Waals surface area (Å²) in [6.07, 6.45) is 3.71. The van der Waals surface area contributed by atoms with E-state index in [1.54, 1.807) is 0 Å². The van der Waals surface area contributed by atoms with Crippen LogP contribution in [0, 0.1) is 17.0 Å². The number of benzene rings is 1. The van der Waals surface area contributed by atoms with Crippen molar-refractivity contribution in [3.8, 4) is 0 Å². The van der Waals surface area contributed by atoms with E-state index in [4.69, 9.17) is 11.1 Å². The van der Waals surface area contributed by atoms with Crippen LogP contribution in [0.15, 0.2) is 42.9 Å². The van der Waals surface area contributed by atoms with Crippen LogP contribution >= 0.6 is 0 Å². The first-order valence-corrected chi connectivity index (χ1v) is 7.13. The zero-order chi connectivity index (χ0) is 17.8. The molecule has 0 aliphatic rings. The molecule has 0 spiro atoms. The normalized spacial score (nSPS) is 10.3. The molecule has 9 heteroatoms. The highest BCUT2D eigenvalue weighted by atomic mass is 19.1. The Labute approximate surface area is 141 Å². The molecular formula is C16H13F2N7. The topological polar surface area (TPSA) is 113 Å². The van der Waals surface area contributed by atoms with Crippen LogP contribution in [0.1, 0.15) is 5.56 Å². The summed E-state index contributed by atoms with van der Waals surface area (Å²) in [7, 11) is 0. The SMILES string of the molecule is N=Cc1cnc(Nc2cc(N)ncn2)cc1Nc1c(F)cccc1F. The van der Waals surface area contributed by atoms with Gasteiger partial charge in [0.1, 0.15) is 41.1 Å². The van der Waals surface area contributed by atoms with Gasteiger partial charge in [0, 0.05) is 30.1 Å². The minimum absolute atomic E-state index is 0.278. The highest BCUT2D eigenvalue weighted by Crippen LogP contribution is 2.27. The summed E-state index contributed by atoms with van der Waals surface area (Å²) in [6, 6.07) is 6.56. The molecular weight excluding hydrogens is 328 g/mol. The van der Waals surface area contributed by atoms with Crippen molar-refractivity contribution in [3.05, 3.63) is 60.1 Å². The molecule has 0 saturated heterocycles. The second-order valence-electron chi connectivity index (χ2n) is 4.98. The third kappa shape index (κ3) is 3.66. The van der Waals surface area contributed by atoms with Gasteiger partial charge in [-0.05, 0) is 12.1 Å². The average Bonchev–Trinajstić information content (AvgIpc) is 2.58. The summed E-state index contributed by atoms with van der Waals surface area (Å²) < 4.78 is 27.7. The number of nitrogens with zero attached hydrogens (tertiary/aromatic N) is 3. The van der Waals surface area contributed by atoms with E-state index in [1.165, 1.54) is 30.7 Å². The predicted octanol–water partition coefficient (Wildman–Crippen LogP) is 3.22. The average molecular weight is 341 g/mol. The zero-order valence-electron chi connectivity index (χ0n) is 12.8. The van der Waals surface area contributed by atoms with Crippen molar-refractivity contribution in [2.24, 2.45) is 0 Å². The van der Waals surface area contributed by atoms with Gasteiger partial charge in [-0.3, -0.25) is 0 Å². The molecule has 7 nitrogen and oxygen atoms in total. The van der Waals surface area contributed by atoms with Gasteiger partial charge in [0.05, 0.1) is 5.69 Å². The Balaban J connectivity index is 1.94. The number of para-hydroxylation sites is 1. The van der Waals surface area contributed by atoms with Gasteiger partial charge in [0.15, 0.2) is 0 Å². The zero-order valence-corrected chi connectivity index (χ0v) is 12.8. The molecule has 3 aromatic rings. The number of hydrogen-bond acceptors (Lipinski definition) is 7. The van der Waals surface area contributed by atoms with Crippen molar-refractivity contribution in [2.45, 2.75) is 0 Å². The first-order valence-electron chi connectivity index (χ1n) is 7.13. The summed E-state index contributed by atoms with van der Waals surface area (Å²) in [5.74, 6) is -0.453. The van der Waals surface area contributed by atoms with E-state index in [0.29, 0.717) is 22.9 Å². The van der Waals surface area contributed by atoms with E-state index in [1.807, 2.05) is 0 Å². The Morgan fingerprint density at radius 2 is 1.72 bits per heavy atom. The van der Waals surface area contributed by atoms with E-state index in [2.05, 4.69) is 25.6 Å². The van der Waals surface area contributed by atoms with Gasteiger partial charge in [-0.1, -0.05) is 6.07 Å². The van der Waals surface area contributed by atoms with E-state index in [9.17, 15) is 8.78 Å². The molecule has 0 radical (unpaired) electrons. The van der Waals surface area contributed by atoms with Crippen molar-refractivity contribution in [3.63, 3.8) is 0 Å². The second kappa shape index (κ2) is 6.87. The molecule has 2 aromatic heterocycles. The van der Waals surface area contributed by atoms with Crippen molar-refractivity contribution in [2.75, 3.05) is 16.4 Å². The first kappa shape index (κ1) is 16.2. The first-order chi connectivity index (χ1) is 12.1. The van der Waals surface area contributed by atoms with Gasteiger partial charge in [-0.25, -0.2) is 23.7 Å². The number of pyridine rings is 1. The molecule has 3 rings (SSSR count). The molecule has 5 N–H and O–H groups in total. The number of hydrogen-bond donors (Lipinski definition) is 4. The van der Waals surface area contributed by atoms with Crippen LogP contribution in [0.25, 0.3) is 0 Å². The van der Waals surface area contributed by atoms with Crippen LogP contribution in [-0.4, -0.2) is 21.2 Å². The molecule has 126 valence electrons. The Morgan fingerprint density at radius 1 is 1.00 bits per heavy atom. The van der Waals surface area contributed by atoms with Crippen molar-refractivity contribution < 1.29 is 8.78 Å². The lowest BCUT2D eigenvalue weighted by molar-refractivity contribution is 0.591. The molecule has 25 heavy (non-hydrogen) atoms. The number of anilines is 5. The molecule has 0 unspecified atom stereocenters. The number of halogens is 2. The molecule has 0 amide bonds. The van der Waals surface area contributed by atoms with Gasteiger partial charge >= 0.3 is 0 Å². The molecule has 1 aromatic carbocycles. The molecule has 0 fully saturated rings. The third-order valence-corrected chi connectivity index (χ3v) is 3.26. The predicted molar refractivity (Wildman–Crippen MR) is 91.5 cm³/mol.